The number of halogens is 3. The highest BCUT2D eigenvalue weighted by molar-refractivity contribution is 5.85. The Balaban J connectivity index is 0.000000845. The number of fused-ring (bicyclic) bond motifs is 1. The number of hydrogen-bond donors (Lipinski definition) is 1. The standard InChI is InChI=1S/C9H9F2N.ClH/c10-9(11)5-6-3-1-2-4-7(6)8(9)12;/h1-4,8H,5,12H2;1H. The Bertz CT molecular complexity index is 314. The lowest BCUT2D eigenvalue weighted by Gasteiger charge is -2.13. The molecule has 4 heteroatoms. The first-order valence-corrected chi connectivity index (χ1v) is 3.82. The van der Waals surface area contributed by atoms with Gasteiger partial charge < -0.3 is 5.73 Å². The average Bonchev–Trinajstić information content (AvgIpc) is 2.24. The predicted molar refractivity (Wildman–Crippen MR) is 49.3 cm³/mol. The van der Waals surface area contributed by atoms with Crippen LogP contribution in [-0.2, 0) is 6.42 Å². The lowest BCUT2D eigenvalue weighted by Crippen LogP contribution is -2.28. The monoisotopic (exact) mass is 205 g/mol. The fraction of sp³-hybridized carbons (Fsp3) is 0.333. The van der Waals surface area contributed by atoms with Crippen molar-refractivity contribution >= 4 is 12.4 Å². The molecule has 13 heavy (non-hydrogen) atoms. The average molecular weight is 206 g/mol. The maximum atomic E-state index is 13.0. The fourth-order valence-electron chi connectivity index (χ4n) is 1.59. The molecule has 2 rings (SSSR count). The van der Waals surface area contributed by atoms with Crippen LogP contribution in [-0.4, -0.2) is 5.92 Å². The van der Waals surface area contributed by atoms with E-state index in [-0.39, 0.29) is 18.8 Å². The molecule has 0 saturated heterocycles. The van der Waals surface area contributed by atoms with Gasteiger partial charge in [-0.15, -0.1) is 12.4 Å². The van der Waals surface area contributed by atoms with Crippen LogP contribution >= 0.6 is 12.4 Å². The predicted octanol–water partition coefficient (Wildman–Crippen LogP) is 2.30. The zero-order chi connectivity index (χ0) is 8.77. The normalized spacial score (nSPS) is 23.5. The van der Waals surface area contributed by atoms with Crippen LogP contribution in [0.15, 0.2) is 24.3 Å². The van der Waals surface area contributed by atoms with Gasteiger partial charge in [-0.2, -0.15) is 0 Å². The number of nitrogens with two attached hydrogens (primary N) is 1. The molecule has 1 atom stereocenters. The van der Waals surface area contributed by atoms with Crippen molar-refractivity contribution in [3.05, 3.63) is 35.4 Å². The van der Waals surface area contributed by atoms with Crippen LogP contribution in [0.2, 0.25) is 0 Å². The van der Waals surface area contributed by atoms with Gasteiger partial charge in [0.05, 0.1) is 6.04 Å². The number of alkyl halides is 2. The van der Waals surface area contributed by atoms with Crippen LogP contribution in [0.5, 0.6) is 0 Å². The smallest absolute Gasteiger partial charge is 0.270 e. The van der Waals surface area contributed by atoms with Crippen molar-refractivity contribution < 1.29 is 8.78 Å². The molecule has 72 valence electrons. The van der Waals surface area contributed by atoms with Crippen molar-refractivity contribution in [1.82, 2.24) is 0 Å². The van der Waals surface area contributed by atoms with Crippen LogP contribution in [0.25, 0.3) is 0 Å². The van der Waals surface area contributed by atoms with E-state index in [4.69, 9.17) is 5.73 Å². The third-order valence-corrected chi connectivity index (χ3v) is 2.27. The van der Waals surface area contributed by atoms with Crippen LogP contribution in [0.1, 0.15) is 17.2 Å². The molecule has 0 bridgehead atoms. The minimum absolute atomic E-state index is 0. The zero-order valence-corrected chi connectivity index (χ0v) is 7.65. The van der Waals surface area contributed by atoms with E-state index in [2.05, 4.69) is 0 Å². The van der Waals surface area contributed by atoms with Gasteiger partial charge in [-0.05, 0) is 11.1 Å². The Morgan fingerprint density at radius 2 is 1.92 bits per heavy atom. The van der Waals surface area contributed by atoms with Gasteiger partial charge in [0.25, 0.3) is 5.92 Å². The van der Waals surface area contributed by atoms with Crippen LogP contribution in [0, 0.1) is 0 Å². The summed E-state index contributed by atoms with van der Waals surface area (Å²) in [6, 6.07) is 5.75. The number of rotatable bonds is 0. The maximum Gasteiger partial charge on any atom is 0.270 e. The van der Waals surface area contributed by atoms with Crippen molar-refractivity contribution in [2.24, 2.45) is 5.73 Å². The minimum atomic E-state index is -2.76. The molecule has 0 radical (unpaired) electrons. The van der Waals surface area contributed by atoms with Crippen LogP contribution in [0.3, 0.4) is 0 Å². The molecule has 0 heterocycles. The number of hydrogen-bond acceptors (Lipinski definition) is 1. The van der Waals surface area contributed by atoms with Crippen molar-refractivity contribution in [2.45, 2.75) is 18.4 Å². The van der Waals surface area contributed by atoms with Gasteiger partial charge in [-0.25, -0.2) is 8.78 Å². The van der Waals surface area contributed by atoms with Gasteiger partial charge in [0.1, 0.15) is 0 Å². The van der Waals surface area contributed by atoms with Crippen molar-refractivity contribution in [1.29, 1.82) is 0 Å². The first-order chi connectivity index (χ1) is 5.61. The minimum Gasteiger partial charge on any atom is -0.319 e. The summed E-state index contributed by atoms with van der Waals surface area (Å²) in [5.74, 6) is -2.76. The summed E-state index contributed by atoms with van der Waals surface area (Å²) >= 11 is 0. The Morgan fingerprint density at radius 1 is 1.31 bits per heavy atom. The molecule has 1 aliphatic rings. The number of benzene rings is 1. The molecule has 1 aromatic carbocycles. The lowest BCUT2D eigenvalue weighted by molar-refractivity contribution is -0.0135. The molecular formula is C9H10ClF2N. The summed E-state index contributed by atoms with van der Waals surface area (Å²) in [5.41, 5.74) is 6.64. The van der Waals surface area contributed by atoms with E-state index >= 15 is 0 Å². The van der Waals surface area contributed by atoms with Gasteiger partial charge >= 0.3 is 0 Å². The highest BCUT2D eigenvalue weighted by Gasteiger charge is 2.44. The van der Waals surface area contributed by atoms with Gasteiger partial charge in [0, 0.05) is 6.42 Å². The Hall–Kier alpha value is -0.670. The Morgan fingerprint density at radius 3 is 2.54 bits per heavy atom. The maximum absolute atomic E-state index is 13.0. The zero-order valence-electron chi connectivity index (χ0n) is 6.84. The molecule has 1 aliphatic carbocycles. The van der Waals surface area contributed by atoms with Gasteiger partial charge in [-0.3, -0.25) is 0 Å². The molecule has 2 N–H and O–H groups in total. The second-order valence-electron chi connectivity index (χ2n) is 3.11. The van der Waals surface area contributed by atoms with Gasteiger partial charge in [0.2, 0.25) is 0 Å². The Labute approximate surface area is 81.3 Å². The topological polar surface area (TPSA) is 26.0 Å². The molecule has 1 unspecified atom stereocenters. The molecule has 0 amide bonds. The van der Waals surface area contributed by atoms with E-state index in [1.165, 1.54) is 0 Å². The van der Waals surface area contributed by atoms with E-state index in [1.807, 2.05) is 0 Å². The van der Waals surface area contributed by atoms with E-state index in [1.54, 1.807) is 24.3 Å². The van der Waals surface area contributed by atoms with E-state index in [9.17, 15) is 8.78 Å². The van der Waals surface area contributed by atoms with Crippen LogP contribution < -0.4 is 5.73 Å². The lowest BCUT2D eigenvalue weighted by atomic mass is 10.1. The highest BCUT2D eigenvalue weighted by atomic mass is 35.5. The highest BCUT2D eigenvalue weighted by Crippen LogP contribution is 2.41. The van der Waals surface area contributed by atoms with Crippen molar-refractivity contribution in [3.63, 3.8) is 0 Å². The fourth-order valence-corrected chi connectivity index (χ4v) is 1.59. The first kappa shape index (κ1) is 10.4. The van der Waals surface area contributed by atoms with E-state index in [0.717, 1.165) is 0 Å². The second kappa shape index (κ2) is 3.24. The van der Waals surface area contributed by atoms with Gasteiger partial charge in [0.15, 0.2) is 0 Å². The second-order valence-corrected chi connectivity index (χ2v) is 3.11. The summed E-state index contributed by atoms with van der Waals surface area (Å²) in [6.45, 7) is 0. The van der Waals surface area contributed by atoms with Crippen LogP contribution in [0.4, 0.5) is 8.78 Å². The Kier molecular flexibility index (Phi) is 2.59. The van der Waals surface area contributed by atoms with E-state index in [0.29, 0.717) is 11.1 Å². The quantitative estimate of drug-likeness (QED) is 0.691. The third-order valence-electron chi connectivity index (χ3n) is 2.27. The molecule has 0 fully saturated rings. The first-order valence-electron chi connectivity index (χ1n) is 3.82. The molecular weight excluding hydrogens is 196 g/mol. The molecule has 0 spiro atoms. The summed E-state index contributed by atoms with van der Waals surface area (Å²) in [6.07, 6.45) is -0.218. The summed E-state index contributed by atoms with van der Waals surface area (Å²) < 4.78 is 26.0. The molecule has 1 nitrogen and oxygen atoms in total. The largest absolute Gasteiger partial charge is 0.319 e. The molecule has 0 aromatic heterocycles. The molecule has 1 aromatic rings. The summed E-state index contributed by atoms with van der Waals surface area (Å²) in [4.78, 5) is 0. The third kappa shape index (κ3) is 1.54. The summed E-state index contributed by atoms with van der Waals surface area (Å²) in [5, 5.41) is 0. The summed E-state index contributed by atoms with van der Waals surface area (Å²) in [7, 11) is 0. The van der Waals surface area contributed by atoms with Gasteiger partial charge in [-0.1, -0.05) is 24.3 Å². The SMILES string of the molecule is Cl.NC1c2ccccc2CC1(F)F. The van der Waals surface area contributed by atoms with Crippen molar-refractivity contribution in [2.75, 3.05) is 0 Å². The van der Waals surface area contributed by atoms with Crippen molar-refractivity contribution in [3.8, 4) is 0 Å². The molecule has 0 aliphatic heterocycles. The molecule has 0 saturated carbocycles. The van der Waals surface area contributed by atoms with E-state index < -0.39 is 12.0 Å².